The fraction of sp³-hybridized carbons (Fsp3) is 0.125. The quantitative estimate of drug-likeness (QED) is 0.565. The molecule has 0 aliphatic carbocycles. The highest BCUT2D eigenvalue weighted by molar-refractivity contribution is 7.11. The van der Waals surface area contributed by atoms with Crippen molar-refractivity contribution < 1.29 is 4.79 Å². The van der Waals surface area contributed by atoms with Crippen LogP contribution >= 0.6 is 34.5 Å². The van der Waals surface area contributed by atoms with Gasteiger partial charge in [-0.1, -0.05) is 11.6 Å². The van der Waals surface area contributed by atoms with Crippen LogP contribution in [0.5, 0.6) is 0 Å². The van der Waals surface area contributed by atoms with Crippen molar-refractivity contribution in [2.24, 2.45) is 0 Å². The maximum absolute atomic E-state index is 10.8. The van der Waals surface area contributed by atoms with Gasteiger partial charge >= 0.3 is 0 Å². The van der Waals surface area contributed by atoms with Gasteiger partial charge in [0.1, 0.15) is 0 Å². The summed E-state index contributed by atoms with van der Waals surface area (Å²) in [5, 5.41) is 2.53. The molecule has 0 saturated carbocycles. The standard InChI is InChI=1S/C8H6Cl2OS/c9-5-6(11)1-2-8-7(10)3-4-12-8/h1-4H,5H2/b2-1+. The largest absolute Gasteiger partial charge is 0.294 e. The number of rotatable bonds is 3. The molecular formula is C8H6Cl2OS. The van der Waals surface area contributed by atoms with Gasteiger partial charge in [0.25, 0.3) is 0 Å². The SMILES string of the molecule is O=C(/C=C/c1sccc1Cl)CCl. The molecule has 0 spiro atoms. The van der Waals surface area contributed by atoms with Gasteiger partial charge in [-0.3, -0.25) is 4.79 Å². The first-order valence-corrected chi connectivity index (χ1v) is 5.03. The van der Waals surface area contributed by atoms with Gasteiger partial charge in [0.2, 0.25) is 0 Å². The number of alkyl halides is 1. The molecule has 1 heterocycles. The van der Waals surface area contributed by atoms with Gasteiger partial charge in [0.15, 0.2) is 5.78 Å². The molecule has 0 aliphatic heterocycles. The van der Waals surface area contributed by atoms with Crippen LogP contribution in [0.2, 0.25) is 5.02 Å². The van der Waals surface area contributed by atoms with E-state index in [0.717, 1.165) is 4.88 Å². The molecule has 0 atom stereocenters. The lowest BCUT2D eigenvalue weighted by atomic mass is 10.3. The number of carbonyl (C=O) groups excluding carboxylic acids is 1. The lowest BCUT2D eigenvalue weighted by molar-refractivity contribution is -0.112. The van der Waals surface area contributed by atoms with Crippen LogP contribution in [0.4, 0.5) is 0 Å². The van der Waals surface area contributed by atoms with Crippen LogP contribution in [0.3, 0.4) is 0 Å². The molecule has 0 aromatic carbocycles. The molecule has 1 rings (SSSR count). The number of hydrogen-bond donors (Lipinski definition) is 0. The number of carbonyl (C=O) groups is 1. The zero-order valence-corrected chi connectivity index (χ0v) is 8.42. The molecule has 64 valence electrons. The molecular weight excluding hydrogens is 215 g/mol. The van der Waals surface area contributed by atoms with Crippen molar-refractivity contribution in [1.29, 1.82) is 0 Å². The van der Waals surface area contributed by atoms with Gasteiger partial charge in [-0.25, -0.2) is 0 Å². The first kappa shape index (κ1) is 9.78. The average Bonchev–Trinajstić information content (AvgIpc) is 2.47. The minimum absolute atomic E-state index is 0.0134. The smallest absolute Gasteiger partial charge is 0.170 e. The summed E-state index contributed by atoms with van der Waals surface area (Å²) < 4.78 is 0. The van der Waals surface area contributed by atoms with Gasteiger partial charge in [0.05, 0.1) is 10.9 Å². The van der Waals surface area contributed by atoms with E-state index in [-0.39, 0.29) is 11.7 Å². The summed E-state index contributed by atoms with van der Waals surface area (Å²) in [6.07, 6.45) is 3.11. The summed E-state index contributed by atoms with van der Waals surface area (Å²) >= 11 is 12.6. The zero-order valence-electron chi connectivity index (χ0n) is 6.09. The minimum atomic E-state index is -0.110. The van der Waals surface area contributed by atoms with Crippen LogP contribution in [0.15, 0.2) is 17.5 Å². The van der Waals surface area contributed by atoms with Crippen molar-refractivity contribution in [2.45, 2.75) is 0 Å². The summed E-state index contributed by atoms with van der Waals surface area (Å²) in [6.45, 7) is 0. The van der Waals surface area contributed by atoms with Crippen LogP contribution in [0, 0.1) is 0 Å². The molecule has 0 N–H and O–H groups in total. The van der Waals surface area contributed by atoms with Crippen molar-refractivity contribution >= 4 is 46.4 Å². The molecule has 1 aromatic heterocycles. The van der Waals surface area contributed by atoms with Crippen LogP contribution in [0.25, 0.3) is 6.08 Å². The number of halogens is 2. The Morgan fingerprint density at radius 3 is 2.92 bits per heavy atom. The summed E-state index contributed by atoms with van der Waals surface area (Å²) in [7, 11) is 0. The predicted molar refractivity (Wildman–Crippen MR) is 54.1 cm³/mol. The fourth-order valence-corrected chi connectivity index (χ4v) is 1.74. The zero-order chi connectivity index (χ0) is 8.97. The van der Waals surface area contributed by atoms with E-state index >= 15 is 0 Å². The Kier molecular flexibility index (Phi) is 3.79. The highest BCUT2D eigenvalue weighted by Gasteiger charge is 1.97. The van der Waals surface area contributed by atoms with Crippen molar-refractivity contribution in [2.75, 3.05) is 5.88 Å². The van der Waals surface area contributed by atoms with Gasteiger partial charge in [-0.2, -0.15) is 0 Å². The highest BCUT2D eigenvalue weighted by atomic mass is 35.5. The van der Waals surface area contributed by atoms with Crippen LogP contribution < -0.4 is 0 Å². The molecule has 1 aromatic rings. The van der Waals surface area contributed by atoms with Crippen LogP contribution in [-0.2, 0) is 4.79 Å². The van der Waals surface area contributed by atoms with E-state index in [1.54, 1.807) is 12.1 Å². The second kappa shape index (κ2) is 4.65. The van der Waals surface area contributed by atoms with E-state index in [2.05, 4.69) is 0 Å². The Bertz CT molecular complexity index is 304. The maximum Gasteiger partial charge on any atom is 0.170 e. The lowest BCUT2D eigenvalue weighted by Gasteiger charge is -1.86. The lowest BCUT2D eigenvalue weighted by Crippen LogP contribution is -1.91. The predicted octanol–water partition coefficient (Wildman–Crippen LogP) is 3.22. The number of hydrogen-bond acceptors (Lipinski definition) is 2. The van der Waals surface area contributed by atoms with Crippen LogP contribution in [0.1, 0.15) is 4.88 Å². The Hall–Kier alpha value is -0.310. The molecule has 0 saturated heterocycles. The summed E-state index contributed by atoms with van der Waals surface area (Å²) in [5.74, 6) is -0.0967. The number of thiophene rings is 1. The Morgan fingerprint density at radius 2 is 2.42 bits per heavy atom. The van der Waals surface area contributed by atoms with Gasteiger partial charge in [-0.05, 0) is 23.6 Å². The topological polar surface area (TPSA) is 17.1 Å². The van der Waals surface area contributed by atoms with E-state index < -0.39 is 0 Å². The molecule has 4 heteroatoms. The highest BCUT2D eigenvalue weighted by Crippen LogP contribution is 2.23. The van der Waals surface area contributed by atoms with Gasteiger partial charge in [-0.15, -0.1) is 22.9 Å². The first-order valence-electron chi connectivity index (χ1n) is 3.24. The summed E-state index contributed by atoms with van der Waals surface area (Å²) in [4.78, 5) is 11.6. The fourth-order valence-electron chi connectivity index (χ4n) is 0.638. The first-order chi connectivity index (χ1) is 5.74. The van der Waals surface area contributed by atoms with E-state index in [1.165, 1.54) is 17.4 Å². The minimum Gasteiger partial charge on any atom is -0.294 e. The second-order valence-corrected chi connectivity index (χ2v) is 3.69. The average molecular weight is 221 g/mol. The third-order valence-electron chi connectivity index (χ3n) is 1.20. The van der Waals surface area contributed by atoms with Crippen molar-refractivity contribution in [3.63, 3.8) is 0 Å². The van der Waals surface area contributed by atoms with Crippen molar-refractivity contribution in [3.05, 3.63) is 27.4 Å². The second-order valence-electron chi connectivity index (χ2n) is 2.07. The molecule has 0 radical (unpaired) electrons. The number of allylic oxidation sites excluding steroid dienone is 1. The van der Waals surface area contributed by atoms with Crippen molar-refractivity contribution in [3.8, 4) is 0 Å². The van der Waals surface area contributed by atoms with E-state index in [0.29, 0.717) is 5.02 Å². The number of ketones is 1. The molecule has 0 aliphatic rings. The van der Waals surface area contributed by atoms with Gasteiger partial charge < -0.3 is 0 Å². The normalized spacial score (nSPS) is 10.8. The van der Waals surface area contributed by atoms with E-state index in [4.69, 9.17) is 23.2 Å². The molecule has 0 amide bonds. The Balaban J connectivity index is 2.69. The monoisotopic (exact) mass is 220 g/mol. The molecule has 0 bridgehead atoms. The third kappa shape index (κ3) is 2.63. The Labute approximate surface area is 84.6 Å². The molecule has 1 nitrogen and oxygen atoms in total. The van der Waals surface area contributed by atoms with E-state index in [9.17, 15) is 4.79 Å². The Morgan fingerprint density at radius 1 is 1.67 bits per heavy atom. The summed E-state index contributed by atoms with van der Waals surface area (Å²) in [6, 6.07) is 1.79. The molecule has 0 unspecified atom stereocenters. The van der Waals surface area contributed by atoms with Crippen LogP contribution in [-0.4, -0.2) is 11.7 Å². The molecule has 0 fully saturated rings. The van der Waals surface area contributed by atoms with E-state index in [1.807, 2.05) is 5.38 Å². The maximum atomic E-state index is 10.8. The van der Waals surface area contributed by atoms with Crippen molar-refractivity contribution in [1.82, 2.24) is 0 Å². The summed E-state index contributed by atoms with van der Waals surface area (Å²) in [5.41, 5.74) is 0. The molecule has 12 heavy (non-hydrogen) atoms. The third-order valence-corrected chi connectivity index (χ3v) is 2.78. The van der Waals surface area contributed by atoms with Gasteiger partial charge in [0, 0.05) is 4.88 Å².